The zero-order valence-corrected chi connectivity index (χ0v) is 19.0. The predicted octanol–water partition coefficient (Wildman–Crippen LogP) is 4.63. The van der Waals surface area contributed by atoms with E-state index in [1.54, 1.807) is 37.6 Å². The molecule has 7 nitrogen and oxygen atoms in total. The Morgan fingerprint density at radius 2 is 1.70 bits per heavy atom. The molecule has 0 N–H and O–H groups in total. The van der Waals surface area contributed by atoms with Crippen LogP contribution < -0.4 is 14.2 Å². The maximum atomic E-state index is 12.5. The summed E-state index contributed by atoms with van der Waals surface area (Å²) in [5.41, 5.74) is 1.80. The Morgan fingerprint density at radius 1 is 1.03 bits per heavy atom. The topological polar surface area (TPSA) is 73.8 Å². The number of benzene rings is 2. The smallest absolute Gasteiger partial charge is 0.415 e. The second-order valence-corrected chi connectivity index (χ2v) is 8.31. The third-order valence-electron chi connectivity index (χ3n) is 5.33. The number of amides is 1. The van der Waals surface area contributed by atoms with Crippen LogP contribution >= 0.6 is 22.6 Å². The Bertz CT molecular complexity index is 1050. The van der Waals surface area contributed by atoms with Crippen LogP contribution in [0.4, 0.5) is 4.79 Å². The fourth-order valence-corrected chi connectivity index (χ4v) is 4.09. The van der Waals surface area contributed by atoms with Gasteiger partial charge in [-0.15, -0.1) is 0 Å². The van der Waals surface area contributed by atoms with Crippen LogP contribution in [0.15, 0.2) is 42.7 Å². The van der Waals surface area contributed by atoms with Gasteiger partial charge in [0.15, 0.2) is 11.5 Å². The van der Waals surface area contributed by atoms with E-state index in [1.165, 1.54) is 0 Å². The number of nitrogens with zero attached hydrogens (tertiary/aromatic N) is 3. The highest BCUT2D eigenvalue weighted by atomic mass is 127. The Kier molecular flexibility index (Phi) is 6.21. The van der Waals surface area contributed by atoms with Crippen molar-refractivity contribution < 1.29 is 19.0 Å². The summed E-state index contributed by atoms with van der Waals surface area (Å²) in [5.74, 6) is 2.09. The van der Waals surface area contributed by atoms with Crippen molar-refractivity contribution in [1.29, 1.82) is 0 Å². The number of aromatic nitrogens is 2. The van der Waals surface area contributed by atoms with Gasteiger partial charge >= 0.3 is 6.09 Å². The normalized spacial score (nSPS) is 14.6. The molecule has 0 aliphatic carbocycles. The molecule has 3 aromatic rings. The maximum Gasteiger partial charge on any atom is 0.415 e. The Morgan fingerprint density at radius 3 is 2.37 bits per heavy atom. The average molecular weight is 519 g/mol. The molecule has 1 aliphatic heterocycles. The van der Waals surface area contributed by atoms with E-state index in [2.05, 4.69) is 32.6 Å². The first-order valence-corrected chi connectivity index (χ1v) is 10.8. The van der Waals surface area contributed by atoms with Gasteiger partial charge in [0.1, 0.15) is 12.1 Å². The van der Waals surface area contributed by atoms with Crippen LogP contribution in [-0.2, 0) is 0 Å². The highest BCUT2D eigenvalue weighted by Gasteiger charge is 2.27. The minimum atomic E-state index is -0.311. The summed E-state index contributed by atoms with van der Waals surface area (Å²) < 4.78 is 17.4. The summed E-state index contributed by atoms with van der Waals surface area (Å²) in [6, 6.07) is 11.2. The number of hydrogen-bond donors (Lipinski definition) is 0. The van der Waals surface area contributed by atoms with E-state index in [0.717, 1.165) is 33.0 Å². The summed E-state index contributed by atoms with van der Waals surface area (Å²) in [7, 11) is 3.22. The number of rotatable bonds is 4. The molecular formula is C22H22IN3O4. The molecule has 156 valence electrons. The van der Waals surface area contributed by atoms with Gasteiger partial charge in [-0.25, -0.2) is 14.8 Å². The van der Waals surface area contributed by atoms with Crippen molar-refractivity contribution in [2.75, 3.05) is 27.3 Å². The zero-order chi connectivity index (χ0) is 21.1. The molecular weight excluding hydrogens is 497 g/mol. The van der Waals surface area contributed by atoms with Gasteiger partial charge in [-0.3, -0.25) is 0 Å². The minimum Gasteiger partial charge on any atom is -0.493 e. The van der Waals surface area contributed by atoms with Crippen molar-refractivity contribution in [1.82, 2.24) is 14.9 Å². The Balaban J connectivity index is 1.48. The van der Waals surface area contributed by atoms with Gasteiger partial charge in [0, 0.05) is 34.0 Å². The van der Waals surface area contributed by atoms with Gasteiger partial charge < -0.3 is 19.1 Å². The Labute approximate surface area is 188 Å². The number of likely N-dealkylation sites (tertiary alicyclic amines) is 1. The highest BCUT2D eigenvalue weighted by Crippen LogP contribution is 2.36. The lowest BCUT2D eigenvalue weighted by Gasteiger charge is -2.31. The molecule has 1 fully saturated rings. The van der Waals surface area contributed by atoms with Crippen molar-refractivity contribution in [3.8, 4) is 17.2 Å². The monoisotopic (exact) mass is 519 g/mol. The molecule has 0 radical (unpaired) electrons. The molecule has 30 heavy (non-hydrogen) atoms. The lowest BCUT2D eigenvalue weighted by molar-refractivity contribution is 0.138. The van der Waals surface area contributed by atoms with E-state index in [1.807, 2.05) is 24.3 Å². The minimum absolute atomic E-state index is 0.232. The second kappa shape index (κ2) is 9.03. The first-order valence-electron chi connectivity index (χ1n) is 9.68. The van der Waals surface area contributed by atoms with Crippen LogP contribution in [0.3, 0.4) is 0 Å². The molecule has 1 amide bonds. The summed E-state index contributed by atoms with van der Waals surface area (Å²) in [4.78, 5) is 23.2. The van der Waals surface area contributed by atoms with E-state index < -0.39 is 0 Å². The molecule has 1 aromatic heterocycles. The van der Waals surface area contributed by atoms with Gasteiger partial charge in [0.25, 0.3) is 0 Å². The van der Waals surface area contributed by atoms with E-state index in [9.17, 15) is 4.79 Å². The molecule has 1 saturated heterocycles. The van der Waals surface area contributed by atoms with Crippen molar-refractivity contribution in [3.05, 3.63) is 52.0 Å². The number of fused-ring (bicyclic) bond motifs is 1. The number of carbonyl (C=O) groups is 1. The molecule has 8 heteroatoms. The van der Waals surface area contributed by atoms with Gasteiger partial charge in [-0.1, -0.05) is 0 Å². The molecule has 0 spiro atoms. The first kappa shape index (κ1) is 20.6. The Hall–Kier alpha value is -2.62. The summed E-state index contributed by atoms with van der Waals surface area (Å²) in [6.07, 6.45) is 2.89. The first-order chi connectivity index (χ1) is 14.6. The fraction of sp³-hybridized carbons (Fsp3) is 0.318. The molecule has 0 bridgehead atoms. The lowest BCUT2D eigenvalue weighted by atomic mass is 9.91. The van der Waals surface area contributed by atoms with Crippen LogP contribution in [0.2, 0.25) is 0 Å². The molecule has 2 aromatic carbocycles. The van der Waals surface area contributed by atoms with Crippen LogP contribution in [0.1, 0.15) is 24.5 Å². The van der Waals surface area contributed by atoms with E-state index in [0.29, 0.717) is 30.3 Å². The van der Waals surface area contributed by atoms with E-state index in [4.69, 9.17) is 14.2 Å². The summed E-state index contributed by atoms with van der Waals surface area (Å²) in [6.45, 7) is 1.24. The van der Waals surface area contributed by atoms with Crippen molar-refractivity contribution in [3.63, 3.8) is 0 Å². The fourth-order valence-electron chi connectivity index (χ4n) is 3.73. The highest BCUT2D eigenvalue weighted by molar-refractivity contribution is 14.1. The number of ether oxygens (including phenoxy) is 3. The van der Waals surface area contributed by atoms with E-state index >= 15 is 0 Å². The van der Waals surface area contributed by atoms with Gasteiger partial charge in [0.05, 0.1) is 25.4 Å². The van der Waals surface area contributed by atoms with Gasteiger partial charge in [-0.2, -0.15) is 0 Å². The number of carbonyl (C=O) groups excluding carboxylic acids is 1. The molecule has 0 unspecified atom stereocenters. The van der Waals surface area contributed by atoms with Crippen LogP contribution in [0.25, 0.3) is 10.9 Å². The molecule has 0 saturated carbocycles. The number of piperidine rings is 1. The lowest BCUT2D eigenvalue weighted by Crippen LogP contribution is -2.39. The standard InChI is InChI=1S/C22H22IN3O4/c1-28-19-11-17-18(12-20(19)29-2)24-13-25-21(17)14-7-9-26(10-8-14)22(27)30-16-5-3-15(23)4-6-16/h3-6,11-14H,7-10H2,1-2H3. The van der Waals surface area contributed by atoms with Crippen LogP contribution in [0.5, 0.6) is 17.2 Å². The predicted molar refractivity (Wildman–Crippen MR) is 121 cm³/mol. The van der Waals surface area contributed by atoms with Gasteiger partial charge in [-0.05, 0) is 65.8 Å². The van der Waals surface area contributed by atoms with E-state index in [-0.39, 0.29) is 12.0 Å². The number of halogens is 1. The van der Waals surface area contributed by atoms with Gasteiger partial charge in [0.2, 0.25) is 0 Å². The largest absolute Gasteiger partial charge is 0.493 e. The maximum absolute atomic E-state index is 12.5. The zero-order valence-electron chi connectivity index (χ0n) is 16.8. The van der Waals surface area contributed by atoms with Crippen LogP contribution in [0, 0.1) is 3.57 Å². The average Bonchev–Trinajstić information content (AvgIpc) is 2.79. The van der Waals surface area contributed by atoms with Crippen molar-refractivity contribution in [2.24, 2.45) is 0 Å². The van der Waals surface area contributed by atoms with Crippen molar-refractivity contribution in [2.45, 2.75) is 18.8 Å². The third kappa shape index (κ3) is 4.28. The SMILES string of the molecule is COc1cc2ncnc(C3CCN(C(=O)Oc4ccc(I)cc4)CC3)c2cc1OC. The van der Waals surface area contributed by atoms with Crippen molar-refractivity contribution >= 4 is 39.6 Å². The quantitative estimate of drug-likeness (QED) is 0.469. The molecule has 1 aliphatic rings. The molecule has 0 atom stereocenters. The number of hydrogen-bond acceptors (Lipinski definition) is 6. The van der Waals surface area contributed by atoms with Crippen LogP contribution in [-0.4, -0.2) is 48.3 Å². The molecule has 4 rings (SSSR count). The third-order valence-corrected chi connectivity index (χ3v) is 6.05. The second-order valence-electron chi connectivity index (χ2n) is 7.07. The summed E-state index contributed by atoms with van der Waals surface area (Å²) in [5, 5.41) is 0.954. The summed E-state index contributed by atoms with van der Waals surface area (Å²) >= 11 is 2.22. The molecule has 2 heterocycles. The number of methoxy groups -OCH3 is 2.